The van der Waals surface area contributed by atoms with Gasteiger partial charge in [-0.1, -0.05) is 12.1 Å². The van der Waals surface area contributed by atoms with E-state index in [0.29, 0.717) is 22.9 Å². The van der Waals surface area contributed by atoms with Crippen LogP contribution in [0.25, 0.3) is 10.9 Å². The molecule has 0 spiro atoms. The highest BCUT2D eigenvalue weighted by Crippen LogP contribution is 2.25. The lowest BCUT2D eigenvalue weighted by atomic mass is 10.2. The maximum absolute atomic E-state index is 12.3. The van der Waals surface area contributed by atoms with E-state index in [-0.39, 0.29) is 24.8 Å². The summed E-state index contributed by atoms with van der Waals surface area (Å²) in [7, 11) is 3.15. The zero-order valence-corrected chi connectivity index (χ0v) is 15.2. The summed E-state index contributed by atoms with van der Waals surface area (Å²) in [5, 5.41) is 6.35. The first-order valence-corrected chi connectivity index (χ1v) is 8.48. The highest BCUT2D eigenvalue weighted by atomic mass is 16.5. The number of benzene rings is 2. The first-order chi connectivity index (χ1) is 13.1. The molecule has 0 radical (unpaired) electrons. The first kappa shape index (κ1) is 18.3. The second-order valence-corrected chi connectivity index (χ2v) is 5.89. The molecule has 0 unspecified atom stereocenters. The molecule has 0 aliphatic heterocycles. The molecule has 0 fully saturated rings. The summed E-state index contributed by atoms with van der Waals surface area (Å²) in [5.74, 6) is 0.889. The van der Waals surface area contributed by atoms with E-state index in [4.69, 9.17) is 9.47 Å². The minimum Gasteiger partial charge on any atom is -0.497 e. The number of amides is 2. The fourth-order valence-electron chi connectivity index (χ4n) is 2.74. The predicted molar refractivity (Wildman–Crippen MR) is 103 cm³/mol. The molecule has 1 aromatic heterocycles. The summed E-state index contributed by atoms with van der Waals surface area (Å²) in [4.78, 5) is 27.4. The summed E-state index contributed by atoms with van der Waals surface area (Å²) in [6.45, 7) is 0.223. The number of aromatic amines is 1. The molecular weight excluding hydrogens is 346 g/mol. The minimum absolute atomic E-state index is 0.159. The molecule has 0 saturated carbocycles. The van der Waals surface area contributed by atoms with E-state index in [1.54, 1.807) is 44.6 Å². The Morgan fingerprint density at radius 1 is 1.04 bits per heavy atom. The van der Waals surface area contributed by atoms with Crippen LogP contribution >= 0.6 is 0 Å². The SMILES string of the molecule is COc1cccc(NC(=O)CCNC(=O)c2cc3c(OC)cccc3[nH]2)c1. The lowest BCUT2D eigenvalue weighted by molar-refractivity contribution is -0.116. The number of aromatic nitrogens is 1. The average molecular weight is 367 g/mol. The van der Waals surface area contributed by atoms with Crippen LogP contribution in [0, 0.1) is 0 Å². The standard InChI is InChI=1S/C20H21N3O4/c1-26-14-6-3-5-13(11-14)22-19(24)9-10-21-20(25)17-12-15-16(23-17)7-4-8-18(15)27-2/h3-8,11-12,23H,9-10H2,1-2H3,(H,21,25)(H,22,24). The third kappa shape index (κ3) is 4.38. The van der Waals surface area contributed by atoms with Gasteiger partial charge in [-0.15, -0.1) is 0 Å². The number of anilines is 1. The van der Waals surface area contributed by atoms with E-state index in [9.17, 15) is 9.59 Å². The van der Waals surface area contributed by atoms with E-state index in [0.717, 1.165) is 10.9 Å². The van der Waals surface area contributed by atoms with Crippen LogP contribution in [0.4, 0.5) is 5.69 Å². The number of hydrogen-bond acceptors (Lipinski definition) is 4. The second-order valence-electron chi connectivity index (χ2n) is 5.89. The monoisotopic (exact) mass is 367 g/mol. The Morgan fingerprint density at radius 2 is 1.85 bits per heavy atom. The molecule has 3 N–H and O–H groups in total. The summed E-state index contributed by atoms with van der Waals surface area (Å²) in [6.07, 6.45) is 0.159. The Morgan fingerprint density at radius 3 is 2.63 bits per heavy atom. The van der Waals surface area contributed by atoms with Crippen LogP contribution in [0.1, 0.15) is 16.9 Å². The number of methoxy groups -OCH3 is 2. The van der Waals surface area contributed by atoms with Crippen molar-refractivity contribution >= 4 is 28.4 Å². The van der Waals surface area contributed by atoms with Crippen molar-refractivity contribution < 1.29 is 19.1 Å². The zero-order valence-electron chi connectivity index (χ0n) is 15.2. The number of nitrogens with one attached hydrogen (secondary N) is 3. The number of ether oxygens (including phenoxy) is 2. The van der Waals surface area contributed by atoms with Crippen LogP contribution in [0.3, 0.4) is 0 Å². The molecule has 0 saturated heterocycles. The van der Waals surface area contributed by atoms with Crippen LogP contribution in [0.15, 0.2) is 48.5 Å². The van der Waals surface area contributed by atoms with Gasteiger partial charge in [-0.3, -0.25) is 9.59 Å². The van der Waals surface area contributed by atoms with Gasteiger partial charge in [-0.2, -0.15) is 0 Å². The molecule has 3 aromatic rings. The van der Waals surface area contributed by atoms with E-state index in [2.05, 4.69) is 15.6 Å². The first-order valence-electron chi connectivity index (χ1n) is 8.48. The minimum atomic E-state index is -0.276. The van der Waals surface area contributed by atoms with E-state index in [1.165, 1.54) is 0 Å². The van der Waals surface area contributed by atoms with Gasteiger partial charge in [-0.25, -0.2) is 0 Å². The van der Waals surface area contributed by atoms with E-state index < -0.39 is 0 Å². The van der Waals surface area contributed by atoms with Gasteiger partial charge in [0.25, 0.3) is 5.91 Å². The van der Waals surface area contributed by atoms with Gasteiger partial charge in [0.1, 0.15) is 17.2 Å². The molecule has 140 valence electrons. The Kier molecular flexibility index (Phi) is 5.61. The molecule has 7 nitrogen and oxygen atoms in total. The van der Waals surface area contributed by atoms with Gasteiger partial charge in [0.2, 0.25) is 5.91 Å². The topological polar surface area (TPSA) is 92.5 Å². The van der Waals surface area contributed by atoms with Crippen molar-refractivity contribution in [2.45, 2.75) is 6.42 Å². The molecule has 3 rings (SSSR count). The van der Waals surface area contributed by atoms with Gasteiger partial charge in [-0.05, 0) is 30.3 Å². The van der Waals surface area contributed by atoms with Crippen molar-refractivity contribution in [3.8, 4) is 11.5 Å². The Bertz CT molecular complexity index is 965. The van der Waals surface area contributed by atoms with Crippen molar-refractivity contribution in [2.75, 3.05) is 26.1 Å². The second kappa shape index (κ2) is 8.27. The lowest BCUT2D eigenvalue weighted by Gasteiger charge is -2.07. The normalized spacial score (nSPS) is 10.4. The Labute approximate surface area is 156 Å². The molecule has 2 amide bonds. The summed E-state index contributed by atoms with van der Waals surface area (Å²) < 4.78 is 10.4. The number of H-pyrrole nitrogens is 1. The highest BCUT2D eigenvalue weighted by Gasteiger charge is 2.12. The molecule has 0 bridgehead atoms. The number of hydrogen-bond donors (Lipinski definition) is 3. The van der Waals surface area contributed by atoms with E-state index >= 15 is 0 Å². The van der Waals surface area contributed by atoms with Crippen LogP contribution in [0.2, 0.25) is 0 Å². The quantitative estimate of drug-likeness (QED) is 0.599. The number of carbonyl (C=O) groups is 2. The maximum atomic E-state index is 12.3. The lowest BCUT2D eigenvalue weighted by Crippen LogP contribution is -2.27. The average Bonchev–Trinajstić information content (AvgIpc) is 3.12. The van der Waals surface area contributed by atoms with Gasteiger partial charge in [0, 0.05) is 35.6 Å². The van der Waals surface area contributed by atoms with Crippen molar-refractivity contribution in [1.29, 1.82) is 0 Å². The molecule has 7 heteroatoms. The summed E-state index contributed by atoms with van der Waals surface area (Å²) in [6, 6.07) is 14.4. The molecule has 2 aromatic carbocycles. The number of fused-ring (bicyclic) bond motifs is 1. The molecular formula is C20H21N3O4. The van der Waals surface area contributed by atoms with Gasteiger partial charge in [0.15, 0.2) is 0 Å². The summed E-state index contributed by atoms with van der Waals surface area (Å²) in [5.41, 5.74) is 1.88. The largest absolute Gasteiger partial charge is 0.497 e. The Hall–Kier alpha value is -3.48. The van der Waals surface area contributed by atoms with Crippen LogP contribution in [-0.2, 0) is 4.79 Å². The molecule has 27 heavy (non-hydrogen) atoms. The van der Waals surface area contributed by atoms with Gasteiger partial charge >= 0.3 is 0 Å². The van der Waals surface area contributed by atoms with Crippen LogP contribution in [-0.4, -0.2) is 37.6 Å². The number of carbonyl (C=O) groups excluding carboxylic acids is 2. The molecule has 0 aliphatic carbocycles. The van der Waals surface area contributed by atoms with Crippen molar-refractivity contribution in [3.05, 3.63) is 54.2 Å². The van der Waals surface area contributed by atoms with Crippen molar-refractivity contribution in [3.63, 3.8) is 0 Å². The van der Waals surface area contributed by atoms with Crippen LogP contribution in [0.5, 0.6) is 11.5 Å². The third-order valence-corrected chi connectivity index (χ3v) is 4.08. The summed E-state index contributed by atoms with van der Waals surface area (Å²) >= 11 is 0. The predicted octanol–water partition coefficient (Wildman–Crippen LogP) is 2.94. The zero-order chi connectivity index (χ0) is 19.2. The molecule has 1 heterocycles. The smallest absolute Gasteiger partial charge is 0.267 e. The van der Waals surface area contributed by atoms with Crippen molar-refractivity contribution in [2.24, 2.45) is 0 Å². The van der Waals surface area contributed by atoms with Crippen LogP contribution < -0.4 is 20.1 Å². The molecule has 0 aliphatic rings. The van der Waals surface area contributed by atoms with Gasteiger partial charge < -0.3 is 25.1 Å². The molecule has 0 atom stereocenters. The van der Waals surface area contributed by atoms with Gasteiger partial charge in [0.05, 0.1) is 14.2 Å². The van der Waals surface area contributed by atoms with E-state index in [1.807, 2.05) is 18.2 Å². The maximum Gasteiger partial charge on any atom is 0.267 e. The fourth-order valence-corrected chi connectivity index (χ4v) is 2.74. The highest BCUT2D eigenvalue weighted by molar-refractivity contribution is 6.00. The Balaban J connectivity index is 1.54. The third-order valence-electron chi connectivity index (χ3n) is 4.08. The fraction of sp³-hybridized carbons (Fsp3) is 0.200. The number of rotatable bonds is 7. The van der Waals surface area contributed by atoms with Crippen molar-refractivity contribution in [1.82, 2.24) is 10.3 Å².